The van der Waals surface area contributed by atoms with Crippen LogP contribution in [0.4, 0.5) is 5.95 Å². The highest BCUT2D eigenvalue weighted by Crippen LogP contribution is 2.30. The van der Waals surface area contributed by atoms with E-state index in [1.54, 1.807) is 0 Å². The highest BCUT2D eigenvalue weighted by Gasteiger charge is 2.31. The fourth-order valence-corrected chi connectivity index (χ4v) is 4.20. The fraction of sp³-hybridized carbons (Fsp3) is 0.476. The van der Waals surface area contributed by atoms with Crippen molar-refractivity contribution in [2.75, 3.05) is 24.5 Å². The molecule has 0 spiro atoms. The van der Waals surface area contributed by atoms with Crippen LogP contribution in [0.3, 0.4) is 0 Å². The molecule has 0 bridgehead atoms. The number of pyridine rings is 1. The van der Waals surface area contributed by atoms with Crippen molar-refractivity contribution in [1.82, 2.24) is 24.6 Å². The molecule has 3 heterocycles. The van der Waals surface area contributed by atoms with Crippen molar-refractivity contribution in [3.8, 4) is 11.4 Å². The van der Waals surface area contributed by atoms with E-state index < -0.39 is 0 Å². The second kappa shape index (κ2) is 7.27. The van der Waals surface area contributed by atoms with Crippen LogP contribution >= 0.6 is 0 Å². The van der Waals surface area contributed by atoms with Crippen molar-refractivity contribution in [3.63, 3.8) is 0 Å². The lowest BCUT2D eigenvalue weighted by atomic mass is 10.1. The molecule has 0 saturated carbocycles. The van der Waals surface area contributed by atoms with Gasteiger partial charge in [-0.05, 0) is 39.4 Å². The number of aromatic nitrogens is 4. The van der Waals surface area contributed by atoms with E-state index in [2.05, 4.69) is 81.5 Å². The molecule has 0 radical (unpaired) electrons. The molecule has 3 aromatic rings. The molecule has 6 nitrogen and oxygen atoms in total. The lowest BCUT2D eigenvalue weighted by molar-refractivity contribution is 0.173. The van der Waals surface area contributed by atoms with Gasteiger partial charge in [0, 0.05) is 48.9 Å². The van der Waals surface area contributed by atoms with E-state index in [0.717, 1.165) is 54.4 Å². The van der Waals surface area contributed by atoms with Gasteiger partial charge in [0.25, 0.3) is 0 Å². The van der Waals surface area contributed by atoms with Crippen molar-refractivity contribution in [2.45, 2.75) is 46.3 Å². The number of hydrogen-bond donors (Lipinski definition) is 0. The molecule has 1 fully saturated rings. The van der Waals surface area contributed by atoms with E-state index in [1.165, 1.54) is 0 Å². The summed E-state index contributed by atoms with van der Waals surface area (Å²) >= 11 is 0. The number of nitrogens with zero attached hydrogens (tertiary/aromatic N) is 6. The number of likely N-dealkylation sites (N-methyl/N-ethyl adjacent to an activating group) is 1. The second-order valence-electron chi connectivity index (χ2n) is 7.39. The SMILES string of the molecule is CCN1CC(C)N(c2nnc(-c3cccc4cccnc34)n2CC)CC1C. The molecule has 0 N–H and O–H groups in total. The average Bonchev–Trinajstić information content (AvgIpc) is 3.12. The number of para-hydroxylation sites is 1. The standard InChI is InChI=1S/C21H28N6/c1-5-25-13-16(4)27(14-15(25)3)21-24-23-20(26(21)6-2)18-11-7-9-17-10-8-12-22-19(17)18/h7-12,15-16H,5-6,13-14H2,1-4H3. The van der Waals surface area contributed by atoms with Crippen LogP contribution < -0.4 is 4.90 Å². The van der Waals surface area contributed by atoms with Gasteiger partial charge in [-0.3, -0.25) is 14.5 Å². The Morgan fingerprint density at radius 3 is 2.56 bits per heavy atom. The summed E-state index contributed by atoms with van der Waals surface area (Å²) in [5.41, 5.74) is 2.02. The first-order valence-corrected chi connectivity index (χ1v) is 9.92. The Balaban J connectivity index is 1.77. The minimum Gasteiger partial charge on any atom is -0.335 e. The minimum atomic E-state index is 0.411. The molecule has 4 rings (SSSR count). The molecule has 2 unspecified atom stereocenters. The van der Waals surface area contributed by atoms with Crippen LogP contribution in [-0.2, 0) is 6.54 Å². The molecule has 1 aliphatic heterocycles. The molecule has 2 aromatic heterocycles. The molecule has 1 aromatic carbocycles. The van der Waals surface area contributed by atoms with E-state index in [4.69, 9.17) is 0 Å². The van der Waals surface area contributed by atoms with Crippen LogP contribution in [-0.4, -0.2) is 56.4 Å². The average molecular weight is 364 g/mol. The van der Waals surface area contributed by atoms with Gasteiger partial charge in [0.2, 0.25) is 5.95 Å². The predicted molar refractivity (Wildman–Crippen MR) is 110 cm³/mol. The first-order valence-electron chi connectivity index (χ1n) is 9.92. The Labute approximate surface area is 160 Å². The summed E-state index contributed by atoms with van der Waals surface area (Å²) in [7, 11) is 0. The largest absolute Gasteiger partial charge is 0.335 e. The number of hydrogen-bond acceptors (Lipinski definition) is 5. The molecule has 142 valence electrons. The van der Waals surface area contributed by atoms with Gasteiger partial charge in [0.15, 0.2) is 5.82 Å². The van der Waals surface area contributed by atoms with Crippen molar-refractivity contribution >= 4 is 16.9 Å². The maximum absolute atomic E-state index is 4.62. The number of rotatable bonds is 4. The molecule has 6 heteroatoms. The van der Waals surface area contributed by atoms with Crippen molar-refractivity contribution in [2.24, 2.45) is 0 Å². The van der Waals surface area contributed by atoms with E-state index in [1.807, 2.05) is 12.3 Å². The van der Waals surface area contributed by atoms with Crippen LogP contribution in [0.2, 0.25) is 0 Å². The van der Waals surface area contributed by atoms with E-state index in [9.17, 15) is 0 Å². The molecular weight excluding hydrogens is 336 g/mol. The lowest BCUT2D eigenvalue weighted by Crippen LogP contribution is -2.57. The number of benzene rings is 1. The zero-order valence-corrected chi connectivity index (χ0v) is 16.6. The highest BCUT2D eigenvalue weighted by atomic mass is 15.4. The lowest BCUT2D eigenvalue weighted by Gasteiger charge is -2.44. The third-order valence-corrected chi connectivity index (χ3v) is 5.70. The summed E-state index contributed by atoms with van der Waals surface area (Å²) < 4.78 is 2.23. The van der Waals surface area contributed by atoms with Gasteiger partial charge < -0.3 is 4.90 Å². The van der Waals surface area contributed by atoms with Gasteiger partial charge in [-0.25, -0.2) is 0 Å². The highest BCUT2D eigenvalue weighted by molar-refractivity contribution is 5.91. The van der Waals surface area contributed by atoms with Crippen LogP contribution in [0.5, 0.6) is 0 Å². The zero-order chi connectivity index (χ0) is 19.0. The predicted octanol–water partition coefficient (Wildman–Crippen LogP) is 3.43. The first kappa shape index (κ1) is 17.9. The normalized spacial score (nSPS) is 21.1. The van der Waals surface area contributed by atoms with Gasteiger partial charge in [0.05, 0.1) is 5.52 Å². The Bertz CT molecular complexity index is 928. The van der Waals surface area contributed by atoms with Crippen molar-refractivity contribution < 1.29 is 0 Å². The van der Waals surface area contributed by atoms with Crippen LogP contribution in [0.1, 0.15) is 27.7 Å². The maximum atomic E-state index is 4.62. The zero-order valence-electron chi connectivity index (χ0n) is 16.6. The summed E-state index contributed by atoms with van der Waals surface area (Å²) in [6.45, 7) is 12.9. The third kappa shape index (κ3) is 3.08. The molecule has 1 saturated heterocycles. The molecular formula is C21H28N6. The van der Waals surface area contributed by atoms with Gasteiger partial charge in [0.1, 0.15) is 0 Å². The second-order valence-corrected chi connectivity index (χ2v) is 7.39. The minimum absolute atomic E-state index is 0.411. The Morgan fingerprint density at radius 2 is 1.78 bits per heavy atom. The van der Waals surface area contributed by atoms with Gasteiger partial charge in [-0.1, -0.05) is 25.1 Å². The summed E-state index contributed by atoms with van der Waals surface area (Å²) in [6.07, 6.45) is 1.84. The smallest absolute Gasteiger partial charge is 0.227 e. The van der Waals surface area contributed by atoms with E-state index in [-0.39, 0.29) is 0 Å². The Kier molecular flexibility index (Phi) is 4.83. The van der Waals surface area contributed by atoms with Crippen LogP contribution in [0.25, 0.3) is 22.3 Å². The maximum Gasteiger partial charge on any atom is 0.227 e. The van der Waals surface area contributed by atoms with Crippen LogP contribution in [0, 0.1) is 0 Å². The monoisotopic (exact) mass is 364 g/mol. The first-order chi connectivity index (χ1) is 13.1. The van der Waals surface area contributed by atoms with Crippen LogP contribution in [0.15, 0.2) is 36.5 Å². The van der Waals surface area contributed by atoms with E-state index in [0.29, 0.717) is 12.1 Å². The Morgan fingerprint density at radius 1 is 0.963 bits per heavy atom. The Hall–Kier alpha value is -2.47. The summed E-state index contributed by atoms with van der Waals surface area (Å²) in [5, 5.41) is 10.3. The van der Waals surface area contributed by atoms with Crippen molar-refractivity contribution in [3.05, 3.63) is 36.5 Å². The van der Waals surface area contributed by atoms with Gasteiger partial charge in [-0.15, -0.1) is 10.2 Å². The molecule has 0 aliphatic carbocycles. The van der Waals surface area contributed by atoms with E-state index >= 15 is 0 Å². The number of fused-ring (bicyclic) bond motifs is 1. The van der Waals surface area contributed by atoms with Gasteiger partial charge >= 0.3 is 0 Å². The molecule has 0 amide bonds. The summed E-state index contributed by atoms with van der Waals surface area (Å²) in [6, 6.07) is 11.2. The van der Waals surface area contributed by atoms with Gasteiger partial charge in [-0.2, -0.15) is 0 Å². The quantitative estimate of drug-likeness (QED) is 0.710. The summed E-state index contributed by atoms with van der Waals surface area (Å²) in [5.74, 6) is 1.87. The molecule has 1 aliphatic rings. The van der Waals surface area contributed by atoms with Crippen molar-refractivity contribution in [1.29, 1.82) is 0 Å². The molecule has 2 atom stereocenters. The molecule has 27 heavy (non-hydrogen) atoms. The fourth-order valence-electron chi connectivity index (χ4n) is 4.20. The number of anilines is 1. The topological polar surface area (TPSA) is 50.1 Å². The number of piperazine rings is 1. The summed E-state index contributed by atoms with van der Waals surface area (Å²) in [4.78, 5) is 9.54. The third-order valence-electron chi connectivity index (χ3n) is 5.70.